The molecular weight excluding hydrogens is 335 g/mol. The molecule has 8 nitrogen and oxygen atoms in total. The molecule has 0 radical (unpaired) electrons. The third-order valence-electron chi connectivity index (χ3n) is 3.26. The number of Topliss-reactive ketones (excluding diaryl/α,β-unsaturated/α-hetero) is 1. The molecule has 0 bridgehead atoms. The van der Waals surface area contributed by atoms with E-state index in [-0.39, 0.29) is 22.6 Å². The first-order chi connectivity index (χ1) is 11.8. The zero-order chi connectivity index (χ0) is 18.6. The van der Waals surface area contributed by atoms with Crippen LogP contribution in [-0.2, 0) is 4.74 Å². The first-order valence-corrected chi connectivity index (χ1v) is 6.91. The first kappa shape index (κ1) is 17.9. The number of esters is 1. The highest BCUT2D eigenvalue weighted by atomic mass is 19.1. The summed E-state index contributed by atoms with van der Waals surface area (Å²) in [4.78, 5) is 34.1. The number of methoxy groups -OCH3 is 1. The van der Waals surface area contributed by atoms with E-state index < -0.39 is 34.8 Å². The molecular formula is C16H13FN2O6. The van der Waals surface area contributed by atoms with Gasteiger partial charge in [-0.15, -0.1) is 0 Å². The number of ether oxygens (including phenoxy) is 2. The molecule has 0 unspecified atom stereocenters. The van der Waals surface area contributed by atoms with E-state index in [4.69, 9.17) is 15.2 Å². The number of benzene rings is 2. The Morgan fingerprint density at radius 1 is 1.24 bits per heavy atom. The third kappa shape index (κ3) is 4.08. The van der Waals surface area contributed by atoms with Crippen molar-refractivity contribution in [3.63, 3.8) is 0 Å². The van der Waals surface area contributed by atoms with Crippen molar-refractivity contribution in [3.8, 4) is 5.75 Å². The van der Waals surface area contributed by atoms with E-state index in [1.807, 2.05) is 0 Å². The van der Waals surface area contributed by atoms with Crippen molar-refractivity contribution in [1.29, 1.82) is 0 Å². The number of carbonyl (C=O) groups excluding carboxylic acids is 2. The monoisotopic (exact) mass is 348 g/mol. The molecule has 0 atom stereocenters. The van der Waals surface area contributed by atoms with Crippen LogP contribution in [0.1, 0.15) is 20.7 Å². The van der Waals surface area contributed by atoms with Gasteiger partial charge in [-0.1, -0.05) is 0 Å². The van der Waals surface area contributed by atoms with Crippen LogP contribution in [-0.4, -0.2) is 30.4 Å². The molecule has 0 spiro atoms. The molecule has 130 valence electrons. The smallest absolute Gasteiger partial charge is 0.338 e. The van der Waals surface area contributed by atoms with E-state index in [1.165, 1.54) is 25.3 Å². The van der Waals surface area contributed by atoms with E-state index in [9.17, 15) is 24.1 Å². The molecule has 0 saturated heterocycles. The lowest BCUT2D eigenvalue weighted by atomic mass is 10.1. The van der Waals surface area contributed by atoms with Crippen LogP contribution < -0.4 is 10.5 Å². The lowest BCUT2D eigenvalue weighted by Gasteiger charge is -2.08. The van der Waals surface area contributed by atoms with E-state index in [2.05, 4.69) is 0 Å². The molecule has 0 aliphatic carbocycles. The third-order valence-corrected chi connectivity index (χ3v) is 3.26. The highest BCUT2D eigenvalue weighted by Gasteiger charge is 2.19. The summed E-state index contributed by atoms with van der Waals surface area (Å²) in [7, 11) is 1.31. The second kappa shape index (κ2) is 7.39. The van der Waals surface area contributed by atoms with Crippen LogP contribution in [0.3, 0.4) is 0 Å². The predicted molar refractivity (Wildman–Crippen MR) is 85.1 cm³/mol. The van der Waals surface area contributed by atoms with Crippen LogP contribution in [0.15, 0.2) is 36.4 Å². The number of anilines is 1. The zero-order valence-corrected chi connectivity index (χ0v) is 13.0. The normalized spacial score (nSPS) is 10.2. The number of nitrogens with zero attached hydrogens (tertiary/aromatic N) is 1. The Morgan fingerprint density at radius 3 is 2.60 bits per heavy atom. The second-order valence-corrected chi connectivity index (χ2v) is 4.87. The number of nitro groups is 1. The summed E-state index contributed by atoms with van der Waals surface area (Å²) in [5.41, 5.74) is 4.65. The van der Waals surface area contributed by atoms with Gasteiger partial charge in [0.25, 0.3) is 5.69 Å². The number of ketones is 1. The Morgan fingerprint density at radius 2 is 1.96 bits per heavy atom. The predicted octanol–water partition coefficient (Wildman–Crippen LogP) is 2.36. The fraction of sp³-hybridized carbons (Fsp3) is 0.125. The molecule has 2 N–H and O–H groups in total. The summed E-state index contributed by atoms with van der Waals surface area (Å²) < 4.78 is 23.1. The molecule has 0 aromatic heterocycles. The van der Waals surface area contributed by atoms with Gasteiger partial charge in [-0.2, -0.15) is 0 Å². The quantitative estimate of drug-likeness (QED) is 0.279. The van der Waals surface area contributed by atoms with Gasteiger partial charge in [0.2, 0.25) is 5.78 Å². The number of hydrogen-bond acceptors (Lipinski definition) is 7. The number of nitrogen functional groups attached to an aromatic ring is 1. The minimum Gasteiger partial charge on any atom is -0.496 e. The van der Waals surface area contributed by atoms with E-state index in [0.29, 0.717) is 0 Å². The van der Waals surface area contributed by atoms with Crippen molar-refractivity contribution < 1.29 is 28.4 Å². The molecule has 25 heavy (non-hydrogen) atoms. The average Bonchev–Trinajstić information content (AvgIpc) is 2.59. The van der Waals surface area contributed by atoms with E-state index in [1.54, 1.807) is 0 Å². The first-order valence-electron chi connectivity index (χ1n) is 6.91. The highest BCUT2D eigenvalue weighted by molar-refractivity contribution is 6.01. The summed E-state index contributed by atoms with van der Waals surface area (Å²) in [5.74, 6) is -2.16. The Balaban J connectivity index is 2.12. The Bertz CT molecular complexity index is 853. The lowest BCUT2D eigenvalue weighted by molar-refractivity contribution is -0.383. The van der Waals surface area contributed by atoms with Crippen molar-refractivity contribution in [2.75, 3.05) is 19.5 Å². The molecule has 0 aliphatic heterocycles. The molecule has 0 aliphatic rings. The Hall–Kier alpha value is -3.49. The maximum atomic E-state index is 13.3. The van der Waals surface area contributed by atoms with Gasteiger partial charge < -0.3 is 15.2 Å². The highest BCUT2D eigenvalue weighted by Crippen LogP contribution is 2.23. The molecule has 9 heteroatoms. The van der Waals surface area contributed by atoms with Gasteiger partial charge in [0.15, 0.2) is 6.61 Å². The van der Waals surface area contributed by atoms with Crippen molar-refractivity contribution >= 4 is 23.1 Å². The number of carbonyl (C=O) groups is 2. The fourth-order valence-corrected chi connectivity index (χ4v) is 2.02. The minimum atomic E-state index is -0.952. The average molecular weight is 348 g/mol. The summed E-state index contributed by atoms with van der Waals surface area (Å²) in [6.45, 7) is -0.684. The number of nitrogens with two attached hydrogens (primary N) is 1. The van der Waals surface area contributed by atoms with Crippen LogP contribution in [0, 0.1) is 15.9 Å². The summed E-state index contributed by atoms with van der Waals surface area (Å²) in [6.07, 6.45) is 0. The molecule has 0 heterocycles. The lowest BCUT2D eigenvalue weighted by Crippen LogP contribution is -2.15. The Labute approximate surface area is 141 Å². The fourth-order valence-electron chi connectivity index (χ4n) is 2.02. The minimum absolute atomic E-state index is 0.0846. The molecule has 2 aromatic carbocycles. The molecule has 2 rings (SSSR count). The van der Waals surface area contributed by atoms with Gasteiger partial charge in [0.1, 0.15) is 17.3 Å². The van der Waals surface area contributed by atoms with E-state index in [0.717, 1.165) is 18.2 Å². The van der Waals surface area contributed by atoms with Crippen LogP contribution in [0.2, 0.25) is 0 Å². The van der Waals surface area contributed by atoms with E-state index >= 15 is 0 Å². The number of rotatable bonds is 6. The number of nitro benzene ring substituents is 1. The van der Waals surface area contributed by atoms with Gasteiger partial charge in [0.05, 0.1) is 23.2 Å². The number of halogens is 1. The molecule has 0 fully saturated rings. The molecule has 2 aromatic rings. The maximum Gasteiger partial charge on any atom is 0.338 e. The largest absolute Gasteiger partial charge is 0.496 e. The van der Waals surface area contributed by atoms with Gasteiger partial charge in [-0.05, 0) is 30.3 Å². The van der Waals surface area contributed by atoms with Gasteiger partial charge in [0, 0.05) is 6.07 Å². The van der Waals surface area contributed by atoms with Crippen molar-refractivity contribution in [2.24, 2.45) is 0 Å². The number of hydrogen-bond donors (Lipinski definition) is 1. The summed E-state index contributed by atoms with van der Waals surface area (Å²) in [5, 5.41) is 10.8. The molecule has 0 amide bonds. The zero-order valence-electron chi connectivity index (χ0n) is 13.0. The van der Waals surface area contributed by atoms with Crippen LogP contribution in [0.4, 0.5) is 15.8 Å². The maximum absolute atomic E-state index is 13.3. The van der Waals surface area contributed by atoms with Crippen LogP contribution in [0.5, 0.6) is 5.75 Å². The van der Waals surface area contributed by atoms with Gasteiger partial charge in [-0.25, -0.2) is 9.18 Å². The topological polar surface area (TPSA) is 122 Å². The van der Waals surface area contributed by atoms with Crippen LogP contribution >= 0.6 is 0 Å². The second-order valence-electron chi connectivity index (χ2n) is 4.87. The SMILES string of the molecule is COc1ccc(F)cc1C(=O)COC(=O)c1ccc(N)c([N+](=O)[O-])c1. The van der Waals surface area contributed by atoms with Gasteiger partial charge in [-0.3, -0.25) is 14.9 Å². The summed E-state index contributed by atoms with van der Waals surface area (Å²) >= 11 is 0. The van der Waals surface area contributed by atoms with Crippen molar-refractivity contribution in [2.45, 2.75) is 0 Å². The van der Waals surface area contributed by atoms with Gasteiger partial charge >= 0.3 is 5.97 Å². The summed E-state index contributed by atoms with van der Waals surface area (Å²) in [6, 6.07) is 6.72. The van der Waals surface area contributed by atoms with Crippen molar-refractivity contribution in [3.05, 3.63) is 63.5 Å². The van der Waals surface area contributed by atoms with Crippen molar-refractivity contribution in [1.82, 2.24) is 0 Å². The Kier molecular flexibility index (Phi) is 5.28. The molecule has 0 saturated carbocycles. The standard InChI is InChI=1S/C16H13FN2O6/c1-24-15-5-3-10(17)7-11(15)14(20)8-25-16(21)9-2-4-12(18)13(6-9)19(22)23/h2-7H,8,18H2,1H3. The van der Waals surface area contributed by atoms with Crippen LogP contribution in [0.25, 0.3) is 0 Å².